The molecule has 0 aromatic heterocycles. The maximum Gasteiger partial charge on any atom is 0.534 e. The van der Waals surface area contributed by atoms with Crippen LogP contribution in [-0.4, -0.2) is 19.7 Å². The van der Waals surface area contributed by atoms with E-state index < -0.39 is 21.4 Å². The van der Waals surface area contributed by atoms with E-state index in [1.165, 1.54) is 19.1 Å². The van der Waals surface area contributed by atoms with Crippen molar-refractivity contribution in [2.75, 3.05) is 0 Å². The molecular formula is C10H9F3O4S. The molecule has 0 radical (unpaired) electrons. The highest BCUT2D eigenvalue weighted by atomic mass is 32.2. The lowest BCUT2D eigenvalue weighted by molar-refractivity contribution is -0.116. The monoisotopic (exact) mass is 282 g/mol. The zero-order valence-electron chi connectivity index (χ0n) is 9.19. The SMILES string of the molecule is CC(=O)Cc1ccc(OS(=O)(=O)C(F)(F)F)cc1. The molecule has 0 bridgehead atoms. The minimum Gasteiger partial charge on any atom is -0.376 e. The molecule has 0 saturated heterocycles. The lowest BCUT2D eigenvalue weighted by Gasteiger charge is -2.09. The maximum absolute atomic E-state index is 12.0. The van der Waals surface area contributed by atoms with Gasteiger partial charge in [-0.3, -0.25) is 4.79 Å². The van der Waals surface area contributed by atoms with Gasteiger partial charge >= 0.3 is 15.6 Å². The molecule has 18 heavy (non-hydrogen) atoms. The van der Waals surface area contributed by atoms with E-state index in [1.807, 2.05) is 0 Å². The molecule has 0 aliphatic rings. The average molecular weight is 282 g/mol. The Kier molecular flexibility index (Phi) is 4.00. The molecule has 0 atom stereocenters. The Labute approximate surface area is 101 Å². The molecule has 0 saturated carbocycles. The summed E-state index contributed by atoms with van der Waals surface area (Å²) in [5.74, 6) is -0.578. The van der Waals surface area contributed by atoms with Crippen LogP contribution in [0.5, 0.6) is 5.75 Å². The van der Waals surface area contributed by atoms with Gasteiger partial charge in [-0.05, 0) is 24.6 Å². The quantitative estimate of drug-likeness (QED) is 0.626. The first-order chi connectivity index (χ1) is 8.12. The van der Waals surface area contributed by atoms with Gasteiger partial charge in [-0.15, -0.1) is 0 Å². The number of rotatable bonds is 4. The Morgan fingerprint density at radius 3 is 2.11 bits per heavy atom. The van der Waals surface area contributed by atoms with Crippen LogP contribution < -0.4 is 4.18 Å². The summed E-state index contributed by atoms with van der Waals surface area (Å²) in [5.41, 5.74) is -4.91. The van der Waals surface area contributed by atoms with E-state index in [2.05, 4.69) is 4.18 Å². The van der Waals surface area contributed by atoms with Crippen LogP contribution in [0.4, 0.5) is 13.2 Å². The molecule has 4 nitrogen and oxygen atoms in total. The van der Waals surface area contributed by atoms with Gasteiger partial charge in [0.2, 0.25) is 0 Å². The van der Waals surface area contributed by atoms with E-state index in [4.69, 9.17) is 0 Å². The fourth-order valence-electron chi connectivity index (χ4n) is 1.12. The van der Waals surface area contributed by atoms with Gasteiger partial charge in [-0.2, -0.15) is 21.6 Å². The minimum atomic E-state index is -5.65. The summed E-state index contributed by atoms with van der Waals surface area (Å²) < 4.78 is 61.3. The summed E-state index contributed by atoms with van der Waals surface area (Å²) in [5, 5.41) is 0. The molecule has 0 spiro atoms. The van der Waals surface area contributed by atoms with Crippen LogP contribution in [0, 0.1) is 0 Å². The first kappa shape index (κ1) is 14.5. The third-order valence-corrected chi connectivity index (χ3v) is 2.84. The van der Waals surface area contributed by atoms with E-state index in [0.717, 1.165) is 12.1 Å². The molecule has 0 amide bonds. The Morgan fingerprint density at radius 2 is 1.72 bits per heavy atom. The van der Waals surface area contributed by atoms with Crippen molar-refractivity contribution in [3.8, 4) is 5.75 Å². The molecular weight excluding hydrogens is 273 g/mol. The summed E-state index contributed by atoms with van der Waals surface area (Å²) >= 11 is 0. The van der Waals surface area contributed by atoms with Crippen LogP contribution in [-0.2, 0) is 21.3 Å². The maximum atomic E-state index is 12.0. The molecule has 0 unspecified atom stereocenters. The number of carbonyl (C=O) groups is 1. The second-order valence-electron chi connectivity index (χ2n) is 3.51. The van der Waals surface area contributed by atoms with Crippen LogP contribution in [0.1, 0.15) is 12.5 Å². The molecule has 1 rings (SSSR count). The van der Waals surface area contributed by atoms with Gasteiger partial charge in [0.15, 0.2) is 0 Å². The number of alkyl halides is 3. The van der Waals surface area contributed by atoms with Gasteiger partial charge in [-0.25, -0.2) is 0 Å². The van der Waals surface area contributed by atoms with Gasteiger partial charge in [0, 0.05) is 6.42 Å². The van der Waals surface area contributed by atoms with Gasteiger partial charge in [-0.1, -0.05) is 12.1 Å². The molecule has 8 heteroatoms. The Bertz CT molecular complexity index is 531. The first-order valence-electron chi connectivity index (χ1n) is 4.71. The zero-order valence-corrected chi connectivity index (χ0v) is 10.0. The van der Waals surface area contributed by atoms with Crippen LogP contribution in [0.25, 0.3) is 0 Å². The van der Waals surface area contributed by atoms with Crippen molar-refractivity contribution in [3.63, 3.8) is 0 Å². The van der Waals surface area contributed by atoms with Crippen molar-refractivity contribution in [2.45, 2.75) is 18.9 Å². The predicted octanol–water partition coefficient (Wildman–Crippen LogP) is 2.05. The van der Waals surface area contributed by atoms with Crippen LogP contribution in [0.15, 0.2) is 24.3 Å². The number of ketones is 1. The second-order valence-corrected chi connectivity index (χ2v) is 5.04. The van der Waals surface area contributed by atoms with Gasteiger partial charge in [0.05, 0.1) is 0 Å². The molecule has 1 aromatic carbocycles. The largest absolute Gasteiger partial charge is 0.534 e. The second kappa shape index (κ2) is 4.97. The highest BCUT2D eigenvalue weighted by molar-refractivity contribution is 7.87. The number of Topliss-reactive ketones (excluding diaryl/α,β-unsaturated/α-hetero) is 1. The molecule has 0 N–H and O–H groups in total. The highest BCUT2D eigenvalue weighted by Crippen LogP contribution is 2.26. The van der Waals surface area contributed by atoms with E-state index in [1.54, 1.807) is 0 Å². The third kappa shape index (κ3) is 3.73. The summed E-state index contributed by atoms with van der Waals surface area (Å²) in [6.07, 6.45) is 0.117. The molecule has 1 aromatic rings. The number of hydrogen-bond donors (Lipinski definition) is 0. The topological polar surface area (TPSA) is 60.4 Å². The summed E-state index contributed by atoms with van der Waals surface area (Å²) in [4.78, 5) is 10.8. The van der Waals surface area contributed by atoms with Crippen LogP contribution >= 0.6 is 0 Å². The van der Waals surface area contributed by atoms with E-state index in [9.17, 15) is 26.4 Å². The molecule has 0 fully saturated rings. The predicted molar refractivity (Wildman–Crippen MR) is 56.4 cm³/mol. The van der Waals surface area contributed by atoms with E-state index in [-0.39, 0.29) is 12.2 Å². The standard InChI is InChI=1S/C10H9F3O4S/c1-7(14)6-8-2-4-9(5-3-8)17-18(15,16)10(11,12)13/h2-5H,6H2,1H3. The van der Waals surface area contributed by atoms with Gasteiger partial charge < -0.3 is 4.18 Å². The van der Waals surface area contributed by atoms with E-state index >= 15 is 0 Å². The first-order valence-corrected chi connectivity index (χ1v) is 6.12. The Morgan fingerprint density at radius 1 is 1.22 bits per heavy atom. The normalized spacial score (nSPS) is 12.2. The smallest absolute Gasteiger partial charge is 0.376 e. The average Bonchev–Trinajstić information content (AvgIpc) is 2.18. The lowest BCUT2D eigenvalue weighted by Crippen LogP contribution is -2.28. The summed E-state index contributed by atoms with van der Waals surface area (Å²) in [6.45, 7) is 1.36. The zero-order chi connectivity index (χ0) is 14.0. The fourth-order valence-corrected chi connectivity index (χ4v) is 1.58. The Balaban J connectivity index is 2.85. The van der Waals surface area contributed by atoms with Crippen molar-refractivity contribution < 1.29 is 30.6 Å². The summed E-state index contributed by atoms with van der Waals surface area (Å²) in [7, 11) is -5.65. The Hall–Kier alpha value is -1.57. The van der Waals surface area contributed by atoms with Crippen LogP contribution in [0.3, 0.4) is 0 Å². The number of hydrogen-bond acceptors (Lipinski definition) is 4. The van der Waals surface area contributed by atoms with Crippen molar-refractivity contribution in [1.82, 2.24) is 0 Å². The highest BCUT2D eigenvalue weighted by Gasteiger charge is 2.48. The number of halogens is 3. The van der Waals surface area contributed by atoms with Crippen molar-refractivity contribution >= 4 is 15.9 Å². The minimum absolute atomic E-state index is 0.117. The fraction of sp³-hybridized carbons (Fsp3) is 0.300. The molecule has 0 heterocycles. The third-order valence-electron chi connectivity index (χ3n) is 1.87. The van der Waals surface area contributed by atoms with Gasteiger partial charge in [0.1, 0.15) is 11.5 Å². The van der Waals surface area contributed by atoms with Crippen molar-refractivity contribution in [2.24, 2.45) is 0 Å². The molecule has 0 aliphatic heterocycles. The molecule has 100 valence electrons. The molecule has 0 aliphatic carbocycles. The number of benzene rings is 1. The van der Waals surface area contributed by atoms with Crippen LogP contribution in [0.2, 0.25) is 0 Å². The van der Waals surface area contributed by atoms with Crippen molar-refractivity contribution in [1.29, 1.82) is 0 Å². The van der Waals surface area contributed by atoms with Gasteiger partial charge in [0.25, 0.3) is 0 Å². The summed E-state index contributed by atoms with van der Waals surface area (Å²) in [6, 6.07) is 4.76. The van der Waals surface area contributed by atoms with E-state index in [0.29, 0.717) is 5.56 Å². The lowest BCUT2D eigenvalue weighted by atomic mass is 10.1. The van der Waals surface area contributed by atoms with Crippen molar-refractivity contribution in [3.05, 3.63) is 29.8 Å². The number of carbonyl (C=O) groups excluding carboxylic acids is 1.